The Morgan fingerprint density at radius 3 is 2.25 bits per heavy atom. The lowest BCUT2D eigenvalue weighted by Gasteiger charge is -2.47. The zero-order valence-electron chi connectivity index (χ0n) is 17.1. The average molecular weight is 402 g/mol. The first-order valence-corrected chi connectivity index (χ1v) is 10.8. The van der Waals surface area contributed by atoms with Crippen LogP contribution in [0.2, 0.25) is 0 Å². The van der Waals surface area contributed by atoms with Gasteiger partial charge < -0.3 is 9.47 Å². The molecule has 28 heavy (non-hydrogen) atoms. The van der Waals surface area contributed by atoms with E-state index in [1.165, 1.54) is 43.2 Å². The van der Waals surface area contributed by atoms with E-state index in [-0.39, 0.29) is 5.54 Å². The molecule has 1 saturated carbocycles. The summed E-state index contributed by atoms with van der Waals surface area (Å²) in [5, 5.41) is 0. The van der Waals surface area contributed by atoms with Crippen LogP contribution in [0.5, 0.6) is 11.5 Å². The lowest BCUT2D eigenvalue weighted by atomic mass is 9.75. The molecule has 0 amide bonds. The summed E-state index contributed by atoms with van der Waals surface area (Å²) in [6.07, 6.45) is 7.28. The molecule has 0 heterocycles. The van der Waals surface area contributed by atoms with Gasteiger partial charge in [0.15, 0.2) is 11.5 Å². The number of benzene rings is 2. The largest absolute Gasteiger partial charge is 0.493 e. The molecule has 2 aromatic rings. The van der Waals surface area contributed by atoms with Crippen molar-refractivity contribution in [2.75, 3.05) is 33.2 Å². The standard InChI is InChI=1S/C24H32ClNO2/c1-27-22-12-11-20(19-23(22)28-2)13-17-26(18-16-25)24(14-7-4-8-15-24)21-9-5-3-6-10-21/h3,5-6,9-12,19H,4,7-8,13-18H2,1-2H3. The molecule has 0 aliphatic heterocycles. The summed E-state index contributed by atoms with van der Waals surface area (Å²) in [4.78, 5) is 2.63. The molecule has 2 aromatic carbocycles. The highest BCUT2D eigenvalue weighted by Crippen LogP contribution is 2.42. The number of rotatable bonds is 9. The van der Waals surface area contributed by atoms with E-state index in [0.29, 0.717) is 5.88 Å². The quantitative estimate of drug-likeness (QED) is 0.507. The van der Waals surface area contributed by atoms with Crippen molar-refractivity contribution in [2.24, 2.45) is 0 Å². The summed E-state index contributed by atoms with van der Waals surface area (Å²) < 4.78 is 10.8. The first-order chi connectivity index (χ1) is 13.7. The smallest absolute Gasteiger partial charge is 0.160 e. The minimum absolute atomic E-state index is 0.102. The maximum absolute atomic E-state index is 6.26. The Morgan fingerprint density at radius 2 is 1.61 bits per heavy atom. The van der Waals surface area contributed by atoms with E-state index in [1.54, 1.807) is 14.2 Å². The van der Waals surface area contributed by atoms with Gasteiger partial charge in [-0.25, -0.2) is 0 Å². The Morgan fingerprint density at radius 1 is 0.893 bits per heavy atom. The average Bonchev–Trinajstić information content (AvgIpc) is 2.77. The minimum atomic E-state index is 0.102. The van der Waals surface area contributed by atoms with Gasteiger partial charge in [-0.1, -0.05) is 55.7 Å². The lowest BCUT2D eigenvalue weighted by molar-refractivity contribution is 0.0533. The van der Waals surface area contributed by atoms with Crippen molar-refractivity contribution < 1.29 is 9.47 Å². The third kappa shape index (κ3) is 4.64. The Kier molecular flexibility index (Phi) is 7.64. The van der Waals surface area contributed by atoms with E-state index < -0.39 is 0 Å². The third-order valence-electron chi connectivity index (χ3n) is 6.07. The molecule has 0 bridgehead atoms. The van der Waals surface area contributed by atoms with E-state index >= 15 is 0 Å². The molecule has 1 aliphatic rings. The van der Waals surface area contributed by atoms with E-state index in [1.807, 2.05) is 6.07 Å². The first kappa shape index (κ1) is 21.0. The lowest BCUT2D eigenvalue weighted by Crippen LogP contribution is -2.49. The van der Waals surface area contributed by atoms with Gasteiger partial charge in [-0.2, -0.15) is 0 Å². The van der Waals surface area contributed by atoms with Gasteiger partial charge in [0.2, 0.25) is 0 Å². The van der Waals surface area contributed by atoms with Crippen LogP contribution in [0.3, 0.4) is 0 Å². The predicted molar refractivity (Wildman–Crippen MR) is 117 cm³/mol. The van der Waals surface area contributed by atoms with Crippen LogP contribution in [-0.2, 0) is 12.0 Å². The number of methoxy groups -OCH3 is 2. The highest BCUT2D eigenvalue weighted by atomic mass is 35.5. The number of nitrogens with zero attached hydrogens (tertiary/aromatic N) is 1. The van der Waals surface area contributed by atoms with Crippen LogP contribution in [0.15, 0.2) is 48.5 Å². The number of hydrogen-bond acceptors (Lipinski definition) is 3. The molecule has 0 atom stereocenters. The van der Waals surface area contributed by atoms with E-state index in [4.69, 9.17) is 21.1 Å². The van der Waals surface area contributed by atoms with E-state index in [9.17, 15) is 0 Å². The second-order valence-corrected chi connectivity index (χ2v) is 7.95. The zero-order valence-corrected chi connectivity index (χ0v) is 17.9. The molecule has 152 valence electrons. The fourth-order valence-electron chi connectivity index (χ4n) is 4.61. The molecule has 0 saturated heterocycles. The Balaban J connectivity index is 1.83. The van der Waals surface area contributed by atoms with E-state index in [0.717, 1.165) is 31.0 Å². The molecule has 0 unspecified atom stereocenters. The van der Waals surface area contributed by atoms with Crippen molar-refractivity contribution >= 4 is 11.6 Å². The van der Waals surface area contributed by atoms with Crippen LogP contribution < -0.4 is 9.47 Å². The van der Waals surface area contributed by atoms with Crippen LogP contribution in [0, 0.1) is 0 Å². The third-order valence-corrected chi connectivity index (χ3v) is 6.24. The van der Waals surface area contributed by atoms with Crippen molar-refractivity contribution in [3.05, 3.63) is 59.7 Å². The zero-order chi connectivity index (χ0) is 19.8. The van der Waals surface area contributed by atoms with Crippen molar-refractivity contribution in [3.8, 4) is 11.5 Å². The van der Waals surface area contributed by atoms with Crippen molar-refractivity contribution in [3.63, 3.8) is 0 Å². The van der Waals surface area contributed by atoms with Gasteiger partial charge in [-0.05, 0) is 42.5 Å². The number of ether oxygens (including phenoxy) is 2. The molecule has 3 rings (SSSR count). The van der Waals surface area contributed by atoms with Crippen LogP contribution in [0.25, 0.3) is 0 Å². The topological polar surface area (TPSA) is 21.7 Å². The fraction of sp³-hybridized carbons (Fsp3) is 0.500. The highest BCUT2D eigenvalue weighted by Gasteiger charge is 2.38. The molecule has 1 aliphatic carbocycles. The molecular formula is C24H32ClNO2. The second kappa shape index (κ2) is 10.2. The summed E-state index contributed by atoms with van der Waals surface area (Å²) in [6, 6.07) is 17.2. The van der Waals surface area contributed by atoms with Crippen molar-refractivity contribution in [1.82, 2.24) is 4.90 Å². The number of halogens is 1. The Labute approximate surface area is 174 Å². The van der Waals surface area contributed by atoms with Crippen molar-refractivity contribution in [1.29, 1.82) is 0 Å². The SMILES string of the molecule is COc1ccc(CCN(CCCl)C2(c3ccccc3)CCCCC2)cc1OC. The number of hydrogen-bond donors (Lipinski definition) is 0. The summed E-state index contributed by atoms with van der Waals surface area (Å²) in [6.45, 7) is 1.89. The van der Waals surface area contributed by atoms with Gasteiger partial charge >= 0.3 is 0 Å². The molecule has 0 radical (unpaired) electrons. The normalized spacial score (nSPS) is 16.1. The molecule has 0 spiro atoms. The summed E-state index contributed by atoms with van der Waals surface area (Å²) >= 11 is 6.26. The van der Waals surface area contributed by atoms with Crippen LogP contribution in [-0.4, -0.2) is 38.1 Å². The van der Waals surface area contributed by atoms with Gasteiger partial charge in [0.05, 0.1) is 14.2 Å². The molecule has 0 N–H and O–H groups in total. The molecule has 4 heteroatoms. The van der Waals surface area contributed by atoms with Gasteiger partial charge in [0.25, 0.3) is 0 Å². The Hall–Kier alpha value is -1.71. The number of alkyl halides is 1. The van der Waals surface area contributed by atoms with Crippen molar-refractivity contribution in [2.45, 2.75) is 44.1 Å². The molecule has 0 aromatic heterocycles. The molecule has 3 nitrogen and oxygen atoms in total. The summed E-state index contributed by atoms with van der Waals surface area (Å²) in [7, 11) is 3.36. The van der Waals surface area contributed by atoms with Gasteiger partial charge in [-0.3, -0.25) is 4.90 Å². The molecule has 1 fully saturated rings. The summed E-state index contributed by atoms with van der Waals surface area (Å²) in [5.41, 5.74) is 2.80. The van der Waals surface area contributed by atoms with Crippen LogP contribution in [0.1, 0.15) is 43.2 Å². The molecular weight excluding hydrogens is 370 g/mol. The van der Waals surface area contributed by atoms with Crippen LogP contribution >= 0.6 is 11.6 Å². The van der Waals surface area contributed by atoms with Gasteiger partial charge in [0, 0.05) is 24.5 Å². The minimum Gasteiger partial charge on any atom is -0.493 e. The predicted octanol–water partition coefficient (Wildman–Crippen LogP) is 5.65. The van der Waals surface area contributed by atoms with Crippen LogP contribution in [0.4, 0.5) is 0 Å². The summed E-state index contributed by atoms with van der Waals surface area (Å²) in [5.74, 6) is 2.22. The maximum Gasteiger partial charge on any atom is 0.160 e. The fourth-order valence-corrected chi connectivity index (χ4v) is 4.82. The Bertz CT molecular complexity index is 729. The monoisotopic (exact) mass is 401 g/mol. The maximum atomic E-state index is 6.26. The van der Waals surface area contributed by atoms with Gasteiger partial charge in [0.1, 0.15) is 0 Å². The highest BCUT2D eigenvalue weighted by molar-refractivity contribution is 6.18. The second-order valence-electron chi connectivity index (χ2n) is 7.57. The first-order valence-electron chi connectivity index (χ1n) is 10.3. The van der Waals surface area contributed by atoms with Gasteiger partial charge in [-0.15, -0.1) is 11.6 Å². The van der Waals surface area contributed by atoms with E-state index in [2.05, 4.69) is 47.4 Å².